The topological polar surface area (TPSA) is 125 Å². The summed E-state index contributed by atoms with van der Waals surface area (Å²) >= 11 is 0. The van der Waals surface area contributed by atoms with Crippen molar-refractivity contribution in [3.63, 3.8) is 0 Å². The van der Waals surface area contributed by atoms with Gasteiger partial charge in [0.2, 0.25) is 0 Å². The predicted octanol–water partition coefficient (Wildman–Crippen LogP) is -0.116. The maximum atomic E-state index is 10.5. The molecule has 0 aliphatic carbocycles. The number of guanidine groups is 1. The smallest absolute Gasteiger partial charge is 0.314 e. The molecule has 2 aliphatic rings. The van der Waals surface area contributed by atoms with Crippen LogP contribution in [-0.4, -0.2) is 92.7 Å². The number of aryl methyl sites for hydroxylation is 1. The summed E-state index contributed by atoms with van der Waals surface area (Å²) < 4.78 is 30.5. The molecule has 1 saturated heterocycles. The number of quaternary nitrogens is 1. The molecule has 0 unspecified atom stereocenters. The van der Waals surface area contributed by atoms with E-state index in [-0.39, 0.29) is 4.90 Å². The van der Waals surface area contributed by atoms with Crippen LogP contribution in [0.3, 0.4) is 0 Å². The Hall–Kier alpha value is -1.56. The van der Waals surface area contributed by atoms with Gasteiger partial charge in [0, 0.05) is 19.5 Å². The highest BCUT2D eigenvalue weighted by Gasteiger charge is 2.41. The molecule has 1 aromatic carbocycles. The Morgan fingerprint density at radius 2 is 1.79 bits per heavy atom. The summed E-state index contributed by atoms with van der Waals surface area (Å²) in [5.41, 5.74) is 6.62. The Labute approximate surface area is 167 Å². The van der Waals surface area contributed by atoms with Crippen LogP contribution >= 0.6 is 0 Å². The number of nitrogens with two attached hydrogens (primary N) is 2. The molecule has 0 radical (unpaired) electrons. The number of rotatable bonds is 4. The number of benzene rings is 1. The van der Waals surface area contributed by atoms with Crippen LogP contribution in [0.4, 0.5) is 0 Å². The number of piperazine rings is 1. The van der Waals surface area contributed by atoms with Crippen molar-refractivity contribution in [3.05, 3.63) is 29.8 Å². The average Bonchev–Trinajstić information content (AvgIpc) is 3.08. The lowest BCUT2D eigenvalue weighted by Crippen LogP contribution is -2.66. The molecule has 28 heavy (non-hydrogen) atoms. The van der Waals surface area contributed by atoms with Gasteiger partial charge in [-0.2, -0.15) is 8.42 Å². The molecule has 2 aliphatic heterocycles. The first kappa shape index (κ1) is 22.7. The van der Waals surface area contributed by atoms with Gasteiger partial charge in [0.05, 0.1) is 37.6 Å². The molecule has 0 atom stereocenters. The molecule has 9 nitrogen and oxygen atoms in total. The summed E-state index contributed by atoms with van der Waals surface area (Å²) in [7, 11) is -1.85. The van der Waals surface area contributed by atoms with Gasteiger partial charge in [-0.05, 0) is 32.6 Å². The Morgan fingerprint density at radius 1 is 1.18 bits per heavy atom. The van der Waals surface area contributed by atoms with Crippen molar-refractivity contribution in [1.29, 1.82) is 0 Å². The standard InChI is InChI=1S/C11H25N6.C7H8O3S/c1-15-6-9-17(10-7-15,8-2-3-12)11-14-4-5-16(11)13;1-6-2-4-7(5-3-6)11(8,9)10/h2-10,12-13H2,1H3;2-5H,1H3,(H,8,9,10)/q+1;. The van der Waals surface area contributed by atoms with Gasteiger partial charge >= 0.3 is 5.96 Å². The molecule has 1 aromatic rings. The summed E-state index contributed by atoms with van der Waals surface area (Å²) in [6.45, 7) is 9.76. The lowest BCUT2D eigenvalue weighted by atomic mass is 10.2. The fourth-order valence-electron chi connectivity index (χ4n) is 3.45. The Kier molecular flexibility index (Phi) is 7.93. The minimum absolute atomic E-state index is 0.0666. The van der Waals surface area contributed by atoms with Crippen molar-refractivity contribution in [1.82, 2.24) is 9.91 Å². The zero-order valence-corrected chi connectivity index (χ0v) is 17.6. The van der Waals surface area contributed by atoms with Gasteiger partial charge in [-0.15, -0.1) is 0 Å². The molecule has 0 amide bonds. The van der Waals surface area contributed by atoms with Crippen molar-refractivity contribution < 1.29 is 17.5 Å². The van der Waals surface area contributed by atoms with Crippen LogP contribution in [0, 0.1) is 6.92 Å². The van der Waals surface area contributed by atoms with Crippen molar-refractivity contribution in [2.75, 3.05) is 59.4 Å². The molecule has 2 heterocycles. The summed E-state index contributed by atoms with van der Waals surface area (Å²) in [4.78, 5) is 6.92. The van der Waals surface area contributed by atoms with Gasteiger partial charge in [0.1, 0.15) is 0 Å². The van der Waals surface area contributed by atoms with Crippen molar-refractivity contribution in [2.45, 2.75) is 18.2 Å². The van der Waals surface area contributed by atoms with Gasteiger partial charge in [-0.25, -0.2) is 15.8 Å². The van der Waals surface area contributed by atoms with Gasteiger partial charge in [-0.3, -0.25) is 13.9 Å². The Bertz CT molecular complexity index is 753. The van der Waals surface area contributed by atoms with E-state index in [2.05, 4.69) is 16.9 Å². The van der Waals surface area contributed by atoms with E-state index < -0.39 is 10.1 Å². The second kappa shape index (κ2) is 9.77. The van der Waals surface area contributed by atoms with Crippen molar-refractivity contribution in [3.8, 4) is 0 Å². The summed E-state index contributed by atoms with van der Waals surface area (Å²) in [5.74, 6) is 7.12. The molecule has 1 fully saturated rings. The third-order valence-corrected chi connectivity index (χ3v) is 6.07. The van der Waals surface area contributed by atoms with Crippen LogP contribution < -0.4 is 11.6 Å². The fourth-order valence-corrected chi connectivity index (χ4v) is 3.93. The largest absolute Gasteiger partial charge is 0.330 e. The van der Waals surface area contributed by atoms with Crippen LogP contribution in [0.5, 0.6) is 0 Å². The quantitative estimate of drug-likeness (QED) is 0.357. The van der Waals surface area contributed by atoms with Crippen LogP contribution in [0.25, 0.3) is 0 Å². The summed E-state index contributed by atoms with van der Waals surface area (Å²) in [6, 6.07) is 5.99. The van der Waals surface area contributed by atoms with E-state index in [1.807, 2.05) is 11.9 Å². The summed E-state index contributed by atoms with van der Waals surface area (Å²) in [6.07, 6.45) is 1.04. The monoisotopic (exact) mass is 413 g/mol. The number of hydrogen-bond acceptors (Lipinski definition) is 7. The lowest BCUT2D eigenvalue weighted by Gasteiger charge is -2.44. The highest BCUT2D eigenvalue weighted by atomic mass is 32.2. The third kappa shape index (κ3) is 5.97. The molecule has 10 heteroatoms. The first-order valence-corrected chi connectivity index (χ1v) is 11.0. The molecule has 3 rings (SSSR count). The van der Waals surface area contributed by atoms with E-state index in [1.165, 1.54) is 12.1 Å². The average molecular weight is 414 g/mol. The van der Waals surface area contributed by atoms with Crippen LogP contribution in [-0.2, 0) is 10.1 Å². The maximum absolute atomic E-state index is 10.5. The molecule has 0 bridgehead atoms. The minimum atomic E-state index is -4.02. The molecule has 0 spiro atoms. The molecule has 0 aromatic heterocycles. The van der Waals surface area contributed by atoms with Crippen molar-refractivity contribution >= 4 is 16.1 Å². The molecule has 5 N–H and O–H groups in total. The van der Waals surface area contributed by atoms with Gasteiger partial charge in [0.25, 0.3) is 10.1 Å². The van der Waals surface area contributed by atoms with Gasteiger partial charge in [-0.1, -0.05) is 17.7 Å². The van der Waals surface area contributed by atoms with E-state index in [4.69, 9.17) is 16.1 Å². The van der Waals surface area contributed by atoms with Gasteiger partial charge in [0.15, 0.2) is 0 Å². The van der Waals surface area contributed by atoms with Crippen molar-refractivity contribution in [2.24, 2.45) is 16.6 Å². The number of likely N-dealkylation sites (N-methyl/N-ethyl adjacent to an activating group) is 1. The van der Waals surface area contributed by atoms with Crippen LogP contribution in [0.15, 0.2) is 34.2 Å². The third-order valence-electron chi connectivity index (χ3n) is 5.20. The van der Waals surface area contributed by atoms with E-state index >= 15 is 0 Å². The Balaban J connectivity index is 0.000000221. The second-order valence-corrected chi connectivity index (χ2v) is 8.85. The van der Waals surface area contributed by atoms with Gasteiger partial charge < -0.3 is 5.73 Å². The van der Waals surface area contributed by atoms with Crippen LogP contribution in [0.1, 0.15) is 12.0 Å². The molecule has 0 saturated carbocycles. The maximum Gasteiger partial charge on any atom is 0.314 e. The zero-order chi connectivity index (χ0) is 20.8. The highest BCUT2D eigenvalue weighted by molar-refractivity contribution is 7.85. The second-order valence-electron chi connectivity index (χ2n) is 7.42. The first-order chi connectivity index (χ1) is 13.2. The zero-order valence-electron chi connectivity index (χ0n) is 16.8. The molecule has 158 valence electrons. The summed E-state index contributed by atoms with van der Waals surface area (Å²) in [5, 5.41) is 1.84. The highest BCUT2D eigenvalue weighted by Crippen LogP contribution is 2.18. The number of hydrogen-bond donors (Lipinski definition) is 3. The van der Waals surface area contributed by atoms with E-state index in [0.29, 0.717) is 0 Å². The minimum Gasteiger partial charge on any atom is -0.330 e. The Morgan fingerprint density at radius 3 is 2.25 bits per heavy atom. The van der Waals surface area contributed by atoms with E-state index in [1.54, 1.807) is 12.1 Å². The number of hydrazine groups is 1. The first-order valence-electron chi connectivity index (χ1n) is 9.54. The molecular weight excluding hydrogens is 380 g/mol. The SMILES string of the molecule is CN1CC[N+](CCCN)(C2=NCCN2N)CC1.Cc1ccc(S(=O)(=O)O)cc1. The van der Waals surface area contributed by atoms with E-state index in [9.17, 15) is 8.42 Å². The van der Waals surface area contributed by atoms with E-state index in [0.717, 1.165) is 74.8 Å². The number of nitrogens with zero attached hydrogens (tertiary/aromatic N) is 4. The fraction of sp³-hybridized carbons (Fsp3) is 0.611. The number of aliphatic imine (C=N–C) groups is 1. The predicted molar refractivity (Wildman–Crippen MR) is 110 cm³/mol. The normalized spacial score (nSPS) is 19.8. The van der Waals surface area contributed by atoms with Crippen LogP contribution in [0.2, 0.25) is 0 Å². The lowest BCUT2D eigenvalue weighted by molar-refractivity contribution is -0.851. The molecular formula is C18H33N6O3S+.